The summed E-state index contributed by atoms with van der Waals surface area (Å²) in [6.45, 7) is 9.96. The van der Waals surface area contributed by atoms with E-state index in [-0.39, 0.29) is 23.9 Å². The number of hydrogen-bond acceptors (Lipinski definition) is 2. The molecule has 2 nitrogen and oxygen atoms in total. The highest BCUT2D eigenvalue weighted by Crippen LogP contribution is 2.22. The minimum absolute atomic E-state index is 0.0329. The summed E-state index contributed by atoms with van der Waals surface area (Å²) in [5.74, 6) is 0.855. The first kappa shape index (κ1) is 13.3. The predicted octanol–water partition coefficient (Wildman–Crippen LogP) is 2.85. The molecule has 0 aliphatic rings. The van der Waals surface area contributed by atoms with Gasteiger partial charge in [-0.15, -0.1) is 0 Å². The first-order valence-electron chi connectivity index (χ1n) is 5.44. The van der Waals surface area contributed by atoms with Gasteiger partial charge >= 0.3 is 0 Å². The Bertz CT molecular complexity index is 196. The van der Waals surface area contributed by atoms with Crippen LogP contribution in [0, 0.1) is 17.8 Å². The monoisotopic (exact) mass is 198 g/mol. The maximum Gasteiger partial charge on any atom is 0.143 e. The number of carbonyl (C=O) groups is 2. The summed E-state index contributed by atoms with van der Waals surface area (Å²) < 4.78 is 0. The Morgan fingerprint density at radius 2 is 1.43 bits per heavy atom. The first-order valence-corrected chi connectivity index (χ1v) is 5.44. The zero-order valence-corrected chi connectivity index (χ0v) is 9.96. The van der Waals surface area contributed by atoms with Crippen molar-refractivity contribution in [2.75, 3.05) is 0 Å². The largest absolute Gasteiger partial charge is 0.299 e. The SMILES string of the molecule is CCC(=O)CC(=O)C(C(C)C)C(C)C. The molecule has 0 fully saturated rings. The van der Waals surface area contributed by atoms with Gasteiger partial charge in [-0.2, -0.15) is 0 Å². The molecule has 0 atom stereocenters. The highest BCUT2D eigenvalue weighted by Gasteiger charge is 2.26. The molecule has 0 aromatic carbocycles. The fourth-order valence-electron chi connectivity index (χ4n) is 1.95. The third-order valence-electron chi connectivity index (χ3n) is 2.57. The van der Waals surface area contributed by atoms with Gasteiger partial charge in [-0.1, -0.05) is 34.6 Å². The van der Waals surface area contributed by atoms with Crippen LogP contribution in [0.5, 0.6) is 0 Å². The number of hydrogen-bond donors (Lipinski definition) is 0. The molecule has 0 radical (unpaired) electrons. The minimum atomic E-state index is 0.0329. The zero-order chi connectivity index (χ0) is 11.3. The first-order chi connectivity index (χ1) is 6.40. The van der Waals surface area contributed by atoms with E-state index in [0.29, 0.717) is 18.3 Å². The second-order valence-corrected chi connectivity index (χ2v) is 4.55. The topological polar surface area (TPSA) is 34.1 Å². The molecule has 14 heavy (non-hydrogen) atoms. The van der Waals surface area contributed by atoms with Crippen molar-refractivity contribution in [1.29, 1.82) is 0 Å². The summed E-state index contributed by atoms with van der Waals surface area (Å²) in [6.07, 6.45) is 0.589. The molecule has 0 spiro atoms. The second kappa shape index (κ2) is 5.94. The van der Waals surface area contributed by atoms with Gasteiger partial charge in [-0.05, 0) is 11.8 Å². The average Bonchev–Trinajstić information content (AvgIpc) is 2.02. The fraction of sp³-hybridized carbons (Fsp3) is 0.833. The molecule has 0 heterocycles. The molecule has 0 amide bonds. The summed E-state index contributed by atoms with van der Waals surface area (Å²) in [5, 5.41) is 0. The van der Waals surface area contributed by atoms with Gasteiger partial charge in [-0.3, -0.25) is 9.59 Å². The van der Waals surface area contributed by atoms with Gasteiger partial charge in [0.05, 0.1) is 6.42 Å². The molecule has 0 rings (SSSR count). The number of ketones is 2. The van der Waals surface area contributed by atoms with Crippen molar-refractivity contribution in [3.05, 3.63) is 0 Å². The molecule has 0 N–H and O–H groups in total. The van der Waals surface area contributed by atoms with E-state index in [9.17, 15) is 9.59 Å². The van der Waals surface area contributed by atoms with E-state index < -0.39 is 0 Å². The predicted molar refractivity (Wildman–Crippen MR) is 58.1 cm³/mol. The van der Waals surface area contributed by atoms with Crippen LogP contribution < -0.4 is 0 Å². The van der Waals surface area contributed by atoms with E-state index in [1.54, 1.807) is 6.92 Å². The zero-order valence-electron chi connectivity index (χ0n) is 9.96. The van der Waals surface area contributed by atoms with Crippen molar-refractivity contribution in [3.8, 4) is 0 Å². The smallest absolute Gasteiger partial charge is 0.143 e. The van der Waals surface area contributed by atoms with E-state index in [1.807, 2.05) is 27.7 Å². The van der Waals surface area contributed by atoms with Gasteiger partial charge in [0, 0.05) is 12.3 Å². The lowest BCUT2D eigenvalue weighted by Crippen LogP contribution is -2.27. The quantitative estimate of drug-likeness (QED) is 0.615. The lowest BCUT2D eigenvalue weighted by molar-refractivity contribution is -0.131. The maximum atomic E-state index is 11.8. The van der Waals surface area contributed by atoms with Crippen molar-refractivity contribution < 1.29 is 9.59 Å². The van der Waals surface area contributed by atoms with Gasteiger partial charge in [0.25, 0.3) is 0 Å². The van der Waals surface area contributed by atoms with E-state index in [0.717, 1.165) is 0 Å². The molecule has 0 saturated heterocycles. The van der Waals surface area contributed by atoms with Crippen molar-refractivity contribution >= 4 is 11.6 Å². The number of carbonyl (C=O) groups excluding carboxylic acids is 2. The molecule has 0 unspecified atom stereocenters. The molecular weight excluding hydrogens is 176 g/mol. The van der Waals surface area contributed by atoms with Crippen LogP contribution in [0.3, 0.4) is 0 Å². The van der Waals surface area contributed by atoms with Crippen molar-refractivity contribution in [3.63, 3.8) is 0 Å². The van der Waals surface area contributed by atoms with Crippen LogP contribution in [-0.2, 0) is 9.59 Å². The Labute approximate surface area is 87.1 Å². The Balaban J connectivity index is 4.38. The van der Waals surface area contributed by atoms with Gasteiger partial charge in [0.1, 0.15) is 11.6 Å². The van der Waals surface area contributed by atoms with Gasteiger partial charge in [0.15, 0.2) is 0 Å². The van der Waals surface area contributed by atoms with Crippen molar-refractivity contribution in [1.82, 2.24) is 0 Å². The Kier molecular flexibility index (Phi) is 5.66. The summed E-state index contributed by atoms with van der Waals surface area (Å²) in [5.41, 5.74) is 0. The number of rotatable bonds is 6. The molecular formula is C12H22O2. The Hall–Kier alpha value is -0.660. The molecule has 82 valence electrons. The number of Topliss-reactive ketones (excluding diaryl/α,β-unsaturated/α-hetero) is 2. The third kappa shape index (κ3) is 4.03. The van der Waals surface area contributed by atoms with Gasteiger partial charge in [0.2, 0.25) is 0 Å². The van der Waals surface area contributed by atoms with Crippen LogP contribution in [0.25, 0.3) is 0 Å². The molecule has 0 aliphatic carbocycles. The van der Waals surface area contributed by atoms with E-state index >= 15 is 0 Å². The molecule has 0 aromatic rings. The van der Waals surface area contributed by atoms with Crippen LogP contribution in [0.15, 0.2) is 0 Å². The normalized spacial score (nSPS) is 11.4. The van der Waals surface area contributed by atoms with Crippen LogP contribution in [0.1, 0.15) is 47.5 Å². The molecule has 2 heteroatoms. The Morgan fingerprint density at radius 1 is 1.00 bits per heavy atom. The summed E-state index contributed by atoms with van der Waals surface area (Å²) in [6, 6.07) is 0. The second-order valence-electron chi connectivity index (χ2n) is 4.55. The summed E-state index contributed by atoms with van der Waals surface area (Å²) >= 11 is 0. The lowest BCUT2D eigenvalue weighted by Gasteiger charge is -2.22. The summed E-state index contributed by atoms with van der Waals surface area (Å²) in [4.78, 5) is 22.9. The minimum Gasteiger partial charge on any atom is -0.299 e. The molecule has 0 aliphatic heterocycles. The maximum absolute atomic E-state index is 11.8. The van der Waals surface area contributed by atoms with Crippen LogP contribution in [0.2, 0.25) is 0 Å². The molecule has 0 aromatic heterocycles. The average molecular weight is 198 g/mol. The van der Waals surface area contributed by atoms with E-state index in [4.69, 9.17) is 0 Å². The van der Waals surface area contributed by atoms with Gasteiger partial charge in [-0.25, -0.2) is 0 Å². The van der Waals surface area contributed by atoms with E-state index in [2.05, 4.69) is 0 Å². The van der Waals surface area contributed by atoms with Crippen LogP contribution in [-0.4, -0.2) is 11.6 Å². The van der Waals surface area contributed by atoms with Crippen LogP contribution >= 0.6 is 0 Å². The van der Waals surface area contributed by atoms with Crippen molar-refractivity contribution in [2.45, 2.75) is 47.5 Å². The highest BCUT2D eigenvalue weighted by molar-refractivity contribution is 6.00. The Morgan fingerprint density at radius 3 is 1.71 bits per heavy atom. The summed E-state index contributed by atoms with van der Waals surface area (Å²) in [7, 11) is 0. The standard InChI is InChI=1S/C12H22O2/c1-6-10(13)7-11(14)12(8(2)3)9(4)5/h8-9,12H,6-7H2,1-5H3. The van der Waals surface area contributed by atoms with Crippen LogP contribution in [0.4, 0.5) is 0 Å². The molecule has 0 bridgehead atoms. The van der Waals surface area contributed by atoms with Crippen molar-refractivity contribution in [2.24, 2.45) is 17.8 Å². The molecule has 0 saturated carbocycles. The highest BCUT2D eigenvalue weighted by atomic mass is 16.1. The van der Waals surface area contributed by atoms with E-state index in [1.165, 1.54) is 0 Å². The van der Waals surface area contributed by atoms with Gasteiger partial charge < -0.3 is 0 Å². The third-order valence-corrected chi connectivity index (χ3v) is 2.57. The fourth-order valence-corrected chi connectivity index (χ4v) is 1.95. The lowest BCUT2D eigenvalue weighted by atomic mass is 9.80.